The lowest BCUT2D eigenvalue weighted by atomic mass is 9.93. The highest BCUT2D eigenvalue weighted by molar-refractivity contribution is 5.75. The molecular weight excluding hydrogens is 1800 g/mol. The molecule has 0 spiro atoms. The molecule has 58 heteroatoms. The van der Waals surface area contributed by atoms with Gasteiger partial charge in [-0.25, -0.2) is 0 Å². The van der Waals surface area contributed by atoms with Crippen LogP contribution in [0.4, 0.5) is 0 Å². The predicted octanol–water partition coefficient (Wildman–Crippen LogP) is -21.8. The molecule has 0 bridgehead atoms. The molecule has 0 aromatic carbocycles. The van der Waals surface area contributed by atoms with Crippen molar-refractivity contribution in [3.8, 4) is 0 Å². The van der Waals surface area contributed by atoms with Crippen LogP contribution < -0.4 is 37.2 Å². The van der Waals surface area contributed by atoms with Gasteiger partial charge in [-0.2, -0.15) is 0 Å². The average molecular weight is 1930 g/mol. The second-order valence-corrected chi connectivity index (χ2v) is 33.2. The number of hydrogen-bond donors (Lipinski definition) is 32. The maximum Gasteiger partial charge on any atom is 0.217 e. The summed E-state index contributed by atoms with van der Waals surface area (Å²) >= 11 is 0. The number of amides is 7. The van der Waals surface area contributed by atoms with Crippen LogP contribution >= 0.6 is 0 Å². The van der Waals surface area contributed by atoms with E-state index < -0.39 is 414 Å². The smallest absolute Gasteiger partial charge is 0.217 e. The minimum Gasteiger partial charge on any atom is -0.394 e. The van der Waals surface area contributed by atoms with E-state index in [0.29, 0.717) is 0 Å². The summed E-state index contributed by atoms with van der Waals surface area (Å²) < 4.78 is 119. The van der Waals surface area contributed by atoms with Crippen LogP contribution in [0.3, 0.4) is 0 Å². The topological polar surface area (TPSA) is 885 Å². The summed E-state index contributed by atoms with van der Waals surface area (Å²) in [7, 11) is 0. The van der Waals surface area contributed by atoms with Gasteiger partial charge in [0.05, 0.1) is 66.1 Å². The molecule has 7 amide bonds. The zero-order valence-electron chi connectivity index (χ0n) is 71.7. The first-order chi connectivity index (χ1) is 62.4. The molecule has 0 aromatic rings. The molecule has 0 aromatic heterocycles. The van der Waals surface area contributed by atoms with Crippen LogP contribution in [0, 0.1) is 0 Å². The molecule has 1 unspecified atom stereocenters. The van der Waals surface area contributed by atoms with Gasteiger partial charge in [0.1, 0.15) is 244 Å². The van der Waals surface area contributed by atoms with Gasteiger partial charge in [-0.3, -0.25) is 33.6 Å². The van der Waals surface area contributed by atoms with E-state index in [1.165, 1.54) is 0 Å². The summed E-state index contributed by atoms with van der Waals surface area (Å²) in [6.07, 6.45) is -95.7. The Morgan fingerprint density at radius 1 is 0.197 bits per heavy atom. The van der Waals surface area contributed by atoms with Crippen LogP contribution in [0.2, 0.25) is 0 Å². The highest BCUT2D eigenvalue weighted by atomic mass is 16.8. The van der Waals surface area contributed by atoms with E-state index in [0.717, 1.165) is 48.5 Å². The minimum absolute atomic E-state index is 0.836. The zero-order valence-corrected chi connectivity index (χ0v) is 71.7. The first-order valence-corrected chi connectivity index (χ1v) is 42.1. The second kappa shape index (κ2) is 47.9. The average Bonchev–Trinajstić information content (AvgIpc) is 0.760. The number of carbonyl (C=O) groups is 7. The van der Waals surface area contributed by atoms with Crippen molar-refractivity contribution >= 4 is 41.4 Å². The molecule has 10 aliphatic heterocycles. The maximum atomic E-state index is 13.5. The predicted molar refractivity (Wildman–Crippen MR) is 411 cm³/mol. The van der Waals surface area contributed by atoms with E-state index >= 15 is 0 Å². The third-order valence-corrected chi connectivity index (χ3v) is 23.7. The SMILES string of the molecule is CC(=O)N[C@H]1[C@H](O[C@H]2[C@H](O)[C@@H](NC(C)=O)C(O)O[C@@H]2CO)O[C@H](CO)[C@@H](O[C@@H]2O[C@H](CO[C@H]3O[C@H](CO[C@@H]4O[C@H](CO)[C@@H](O)[C@H](O)[C@H]4NC(C)=O)[C@@H](O[C@@H]4O[C@H](CO)[C@@H](O)[C@H](O)[C@H]4NC(C)=O)[C@H](O)[C@@H]3O[C@@H]3O[C@H](CO)[C@@H](O)[C@H](O)[C@H]3NC(C)=O)[C@@H](O[C@@H]3O[C@H](CO)[C@@H](O)[C@H](O)[C@H]3NC(C)=O)[C@H](O[C@H]3O[C@H](CO)[C@@H](O)[C@H](O)[C@@H]3O[C@@H]3O[C@H](CO)[C@@H](O)[C@H](O)[C@H]3NC(C)=O)[C@@H]2O)[C@@H]1O. The van der Waals surface area contributed by atoms with Crippen LogP contribution in [0.1, 0.15) is 48.5 Å². The van der Waals surface area contributed by atoms with E-state index in [9.17, 15) is 161 Å². The molecule has 760 valence electrons. The van der Waals surface area contributed by atoms with Crippen molar-refractivity contribution in [2.75, 3.05) is 66.1 Å². The number of hydrogen-bond acceptors (Lipinski definition) is 51. The third-order valence-electron chi connectivity index (χ3n) is 23.7. The quantitative estimate of drug-likeness (QED) is 0.0280. The number of carbonyl (C=O) groups excluding carboxylic acids is 7. The number of ether oxygens (including phenoxy) is 19. The van der Waals surface area contributed by atoms with Crippen molar-refractivity contribution in [1.82, 2.24) is 37.2 Å². The van der Waals surface area contributed by atoms with Crippen molar-refractivity contribution in [3.63, 3.8) is 0 Å². The van der Waals surface area contributed by atoms with E-state index in [1.807, 2.05) is 0 Å². The molecule has 32 N–H and O–H groups in total. The highest BCUT2D eigenvalue weighted by Gasteiger charge is 2.63. The summed E-state index contributed by atoms with van der Waals surface area (Å²) in [5.74, 6) is -6.69. The number of aliphatic hydroxyl groups is 25. The number of aliphatic hydroxyl groups excluding tert-OH is 25. The molecule has 0 radical (unpaired) electrons. The molecule has 10 rings (SSSR count). The summed E-state index contributed by atoms with van der Waals surface area (Å²) in [6, 6.07) is -13.6. The lowest BCUT2D eigenvalue weighted by molar-refractivity contribution is -0.409. The fourth-order valence-corrected chi connectivity index (χ4v) is 17.1. The Kier molecular flexibility index (Phi) is 39.4. The van der Waals surface area contributed by atoms with Crippen molar-refractivity contribution in [2.45, 2.75) is 355 Å². The number of rotatable bonds is 35. The van der Waals surface area contributed by atoms with Crippen molar-refractivity contribution < 1.29 is 251 Å². The Labute approximate surface area is 748 Å². The van der Waals surface area contributed by atoms with Gasteiger partial charge in [-0.1, -0.05) is 0 Å². The first kappa shape index (κ1) is 109. The lowest BCUT2D eigenvalue weighted by Crippen LogP contribution is -2.71. The number of nitrogens with one attached hydrogen (secondary N) is 7. The molecular formula is C74H123N7O51. The van der Waals surface area contributed by atoms with Gasteiger partial charge in [0.15, 0.2) is 62.9 Å². The fraction of sp³-hybridized carbons (Fsp3) is 0.905. The van der Waals surface area contributed by atoms with E-state index in [4.69, 9.17) is 90.0 Å². The maximum absolute atomic E-state index is 13.5. The van der Waals surface area contributed by atoms with Crippen molar-refractivity contribution in [2.24, 2.45) is 0 Å². The molecule has 0 aliphatic carbocycles. The molecule has 10 heterocycles. The van der Waals surface area contributed by atoms with Gasteiger partial charge in [0.2, 0.25) is 41.4 Å². The Balaban J connectivity index is 1.17. The normalized spacial score (nSPS) is 46.7. The van der Waals surface area contributed by atoms with Gasteiger partial charge in [0, 0.05) is 48.5 Å². The summed E-state index contributed by atoms with van der Waals surface area (Å²) in [6.45, 7) is -5.48. The van der Waals surface area contributed by atoms with Crippen LogP contribution in [0.15, 0.2) is 0 Å². The molecule has 10 aliphatic rings. The molecule has 10 saturated heterocycles. The zero-order chi connectivity index (χ0) is 97.4. The van der Waals surface area contributed by atoms with Crippen molar-refractivity contribution in [3.05, 3.63) is 0 Å². The minimum atomic E-state index is -2.81. The van der Waals surface area contributed by atoms with Gasteiger partial charge in [0.25, 0.3) is 0 Å². The van der Waals surface area contributed by atoms with Crippen LogP contribution in [-0.4, -0.2) is 542 Å². The standard InChI is InChI=1S/C74H123N7O51/c1-18(90)75-35-53(108)58(31(14-88)116-65(35)113)126-71-41(81-24(7)96)54(109)59(32(15-89)123-71)128-72-57(112)62(130-74-63(55(110)47(102)30(13-87)122-74)131-69-39(79-22(5)94)51(106)45(100)28(11-85)120-69)61(129-68-38(78-21(4)93)50(105)44(99)27(10-84)119-68)34(124-72)17-115-73-64(132-70-40(80-23(6)95)52(107)46(101)29(12-86)121-70)56(111)60(127-67-37(77-20(3)92)49(104)43(98)26(9-83)118-67)33(125-73)16-114-66-36(76-19(2)91)48(103)42(97)25(8-82)117-66/h25-74,82-89,97-113H,8-17H2,1-7H3,(H,75,90)(H,76,91)(H,77,92)(H,78,93)(H,79,94)(H,80,95)(H,81,96)/t25-,26-,27-,28-,29-,30-,31-,32-,33-,34-,35-,36-,37-,38-,39-,40-,41-,42-,43-,44-,45-,46-,47-,48-,49-,50-,51-,52-,53-,54-,55+,56+,57+,58-,59-,60-,61-,62-,63+,64+,65?,66-,67+,68+,69+,70+,71+,72+,73+,74-/m1/s1. The molecule has 50 atom stereocenters. The molecule has 0 saturated carbocycles. The van der Waals surface area contributed by atoms with Gasteiger partial charge in [-0.05, 0) is 0 Å². The monoisotopic (exact) mass is 1930 g/mol. The van der Waals surface area contributed by atoms with Crippen LogP contribution in [0.5, 0.6) is 0 Å². The van der Waals surface area contributed by atoms with Crippen LogP contribution in [-0.2, 0) is 124 Å². The van der Waals surface area contributed by atoms with Crippen molar-refractivity contribution in [1.29, 1.82) is 0 Å². The van der Waals surface area contributed by atoms with Gasteiger partial charge >= 0.3 is 0 Å². The third kappa shape index (κ3) is 24.9. The van der Waals surface area contributed by atoms with Gasteiger partial charge in [-0.15, -0.1) is 0 Å². The molecule has 10 fully saturated rings. The summed E-state index contributed by atoms with van der Waals surface area (Å²) in [5.41, 5.74) is 0. The Morgan fingerprint density at radius 2 is 0.417 bits per heavy atom. The second-order valence-electron chi connectivity index (χ2n) is 33.2. The Hall–Kier alpha value is -5.47. The molecule has 132 heavy (non-hydrogen) atoms. The Morgan fingerprint density at radius 3 is 0.765 bits per heavy atom. The Bertz CT molecular complexity index is 3700. The lowest BCUT2D eigenvalue weighted by Gasteiger charge is -2.52. The largest absolute Gasteiger partial charge is 0.394 e. The van der Waals surface area contributed by atoms with E-state index in [-0.39, 0.29) is 0 Å². The van der Waals surface area contributed by atoms with E-state index in [1.54, 1.807) is 0 Å². The molecule has 58 nitrogen and oxygen atoms in total. The summed E-state index contributed by atoms with van der Waals surface area (Å²) in [5, 5.41) is 302. The summed E-state index contributed by atoms with van der Waals surface area (Å²) in [4.78, 5) is 90.9. The van der Waals surface area contributed by atoms with Gasteiger partial charge < -0.3 is 255 Å². The van der Waals surface area contributed by atoms with E-state index in [2.05, 4.69) is 37.2 Å². The van der Waals surface area contributed by atoms with Crippen LogP contribution in [0.25, 0.3) is 0 Å². The first-order valence-electron chi connectivity index (χ1n) is 42.1. The highest BCUT2D eigenvalue weighted by Crippen LogP contribution is 2.42. The fourth-order valence-electron chi connectivity index (χ4n) is 17.1.